The lowest BCUT2D eigenvalue weighted by atomic mass is 10.1. The summed E-state index contributed by atoms with van der Waals surface area (Å²) < 4.78 is 4.73. The van der Waals surface area contributed by atoms with Gasteiger partial charge in [0.15, 0.2) is 24.4 Å². The number of ether oxygens (including phenoxy) is 1. The summed E-state index contributed by atoms with van der Waals surface area (Å²) in [5.41, 5.74) is 0. The first-order valence-electron chi connectivity index (χ1n) is 19.3. The van der Waals surface area contributed by atoms with E-state index in [4.69, 9.17) is 9.84 Å². The Morgan fingerprint density at radius 1 is 0.480 bits per heavy atom. The van der Waals surface area contributed by atoms with Crippen LogP contribution >= 0.6 is 0 Å². The van der Waals surface area contributed by atoms with Gasteiger partial charge in [-0.05, 0) is 19.8 Å². The maximum Gasteiger partial charge on any atom is 0.338 e. The van der Waals surface area contributed by atoms with E-state index in [1.807, 2.05) is 0 Å². The van der Waals surface area contributed by atoms with Crippen LogP contribution in [0.2, 0.25) is 0 Å². The Labute approximate surface area is 300 Å². The first-order valence-corrected chi connectivity index (χ1v) is 19.3. The molecule has 6 N–H and O–H groups in total. The van der Waals surface area contributed by atoms with Crippen LogP contribution in [-0.4, -0.2) is 127 Å². The summed E-state index contributed by atoms with van der Waals surface area (Å²) in [6.45, 7) is 5.22. The van der Waals surface area contributed by atoms with Gasteiger partial charge in [-0.15, -0.1) is 0 Å². The third kappa shape index (κ3) is 21.8. The van der Waals surface area contributed by atoms with Crippen molar-refractivity contribution in [1.82, 2.24) is 9.80 Å². The fourth-order valence-corrected chi connectivity index (χ4v) is 5.87. The summed E-state index contributed by atoms with van der Waals surface area (Å²) in [5.74, 6) is -4.99. The molecule has 0 rings (SSSR count). The molecule has 0 saturated carbocycles. The molecule has 0 heterocycles. The number of nitrogens with zero attached hydrogens (tertiary/aromatic N) is 2. The van der Waals surface area contributed by atoms with Crippen molar-refractivity contribution in [3.05, 3.63) is 0 Å². The van der Waals surface area contributed by atoms with Crippen LogP contribution in [0.5, 0.6) is 0 Å². The van der Waals surface area contributed by atoms with Crippen LogP contribution in [0.3, 0.4) is 0 Å². The minimum Gasteiger partial charge on any atom is -0.479 e. The van der Waals surface area contributed by atoms with E-state index in [0.717, 1.165) is 67.6 Å². The number of carbonyl (C=O) groups excluding carboxylic acids is 3. The second-order valence-electron chi connectivity index (χ2n) is 13.5. The normalized spacial score (nSPS) is 14.4. The van der Waals surface area contributed by atoms with Crippen LogP contribution in [0, 0.1) is 0 Å². The third-order valence-corrected chi connectivity index (χ3v) is 8.93. The molecule has 2 amide bonds. The number of esters is 1. The van der Waals surface area contributed by atoms with E-state index in [0.29, 0.717) is 12.8 Å². The highest BCUT2D eigenvalue weighted by Gasteiger charge is 2.36. The number of unbranched alkanes of at least 4 members (excludes halogenated alkanes) is 18. The Morgan fingerprint density at radius 2 is 0.800 bits per heavy atom. The first kappa shape index (κ1) is 47.7. The Morgan fingerprint density at radius 3 is 1.12 bits per heavy atom. The van der Waals surface area contributed by atoms with Gasteiger partial charge in [0.1, 0.15) is 0 Å². The molecule has 0 aliphatic carbocycles. The molecule has 50 heavy (non-hydrogen) atoms. The van der Waals surface area contributed by atoms with Gasteiger partial charge in [-0.2, -0.15) is 0 Å². The summed E-state index contributed by atoms with van der Waals surface area (Å²) in [6, 6.07) is 0. The molecular formula is C37H70N2O11. The van der Waals surface area contributed by atoms with Crippen LogP contribution in [-0.2, 0) is 23.9 Å². The molecule has 0 spiro atoms. The highest BCUT2D eigenvalue weighted by molar-refractivity contribution is 5.89. The van der Waals surface area contributed by atoms with E-state index in [2.05, 4.69) is 13.8 Å². The van der Waals surface area contributed by atoms with Crippen LogP contribution in [0.25, 0.3) is 0 Å². The minimum absolute atomic E-state index is 0.0663. The molecule has 0 aromatic heterocycles. The molecule has 0 aliphatic heterocycles. The number of amides is 2. The van der Waals surface area contributed by atoms with Crippen LogP contribution in [0.15, 0.2) is 0 Å². The standard InChI is InChI=1S/C37H70N2O11/c1-4-7-9-11-13-15-17-19-21-23-25-38(34(45)30(41)32(43)36(47)48)27-29(40)28-39(35(46)31(42)33(44)37(49)50-6-3)26-24-22-20-18-16-14-12-10-8-5-2/h29-33,40-44H,4-28H2,1-3H3,(H,47,48). The van der Waals surface area contributed by atoms with Crippen LogP contribution < -0.4 is 0 Å². The maximum atomic E-state index is 13.3. The van der Waals surface area contributed by atoms with Crippen molar-refractivity contribution in [2.24, 2.45) is 0 Å². The second-order valence-corrected chi connectivity index (χ2v) is 13.5. The second kappa shape index (κ2) is 30.3. The summed E-state index contributed by atoms with van der Waals surface area (Å²) >= 11 is 0. The quantitative estimate of drug-likeness (QED) is 0.0424. The van der Waals surface area contributed by atoms with Crippen molar-refractivity contribution in [3.63, 3.8) is 0 Å². The maximum absolute atomic E-state index is 13.3. The van der Waals surface area contributed by atoms with Gasteiger partial charge in [0.25, 0.3) is 11.8 Å². The molecule has 13 heteroatoms. The largest absolute Gasteiger partial charge is 0.479 e. The molecular weight excluding hydrogens is 648 g/mol. The molecule has 0 bridgehead atoms. The van der Waals surface area contributed by atoms with Crippen molar-refractivity contribution < 1.29 is 54.6 Å². The lowest BCUT2D eigenvalue weighted by molar-refractivity contribution is -0.167. The van der Waals surface area contributed by atoms with E-state index in [1.54, 1.807) is 0 Å². The van der Waals surface area contributed by atoms with Crippen molar-refractivity contribution >= 4 is 23.8 Å². The van der Waals surface area contributed by atoms with Gasteiger partial charge in [-0.3, -0.25) is 9.59 Å². The lowest BCUT2D eigenvalue weighted by Crippen LogP contribution is -2.53. The smallest absolute Gasteiger partial charge is 0.338 e. The van der Waals surface area contributed by atoms with Gasteiger partial charge in [0.2, 0.25) is 0 Å². The first-order chi connectivity index (χ1) is 23.9. The number of rotatable bonds is 33. The van der Waals surface area contributed by atoms with E-state index in [9.17, 15) is 44.7 Å². The number of hydrogen-bond donors (Lipinski definition) is 6. The zero-order valence-electron chi connectivity index (χ0n) is 31.2. The van der Waals surface area contributed by atoms with Gasteiger partial charge in [0, 0.05) is 26.2 Å². The highest BCUT2D eigenvalue weighted by Crippen LogP contribution is 2.15. The molecule has 5 unspecified atom stereocenters. The molecule has 294 valence electrons. The predicted octanol–water partition coefficient (Wildman–Crippen LogP) is 3.94. The summed E-state index contributed by atoms with van der Waals surface area (Å²) in [4.78, 5) is 51.8. The SMILES string of the molecule is CCCCCCCCCCCCN(CC(O)CN(CCCCCCCCCCCC)C(=O)C(O)C(O)C(=O)OCC)C(=O)C(O)C(O)C(=O)O. The summed E-state index contributed by atoms with van der Waals surface area (Å²) in [7, 11) is 0. The Balaban J connectivity index is 5.45. The average molecular weight is 719 g/mol. The van der Waals surface area contributed by atoms with Crippen molar-refractivity contribution in [2.45, 2.75) is 180 Å². The van der Waals surface area contributed by atoms with Crippen molar-refractivity contribution in [2.75, 3.05) is 32.8 Å². The number of aliphatic carboxylic acids is 1. The van der Waals surface area contributed by atoms with E-state index in [-0.39, 0.29) is 26.2 Å². The summed E-state index contributed by atoms with van der Waals surface area (Å²) in [6.07, 6.45) is 10.5. The van der Waals surface area contributed by atoms with Crippen LogP contribution in [0.1, 0.15) is 149 Å². The monoisotopic (exact) mass is 718 g/mol. The minimum atomic E-state index is -2.36. The zero-order valence-corrected chi connectivity index (χ0v) is 31.2. The van der Waals surface area contributed by atoms with Crippen molar-refractivity contribution in [3.8, 4) is 0 Å². The fourth-order valence-electron chi connectivity index (χ4n) is 5.87. The molecule has 13 nitrogen and oxygen atoms in total. The van der Waals surface area contributed by atoms with E-state index >= 15 is 0 Å². The number of aliphatic hydroxyl groups is 5. The topological polar surface area (TPSA) is 205 Å². The molecule has 0 aromatic carbocycles. The Hall–Kier alpha value is -2.32. The molecule has 0 saturated heterocycles. The Bertz CT molecular complexity index is 907. The number of carboxylic acids is 1. The highest BCUT2D eigenvalue weighted by atomic mass is 16.5. The van der Waals surface area contributed by atoms with Gasteiger partial charge in [0.05, 0.1) is 12.7 Å². The fraction of sp³-hybridized carbons (Fsp3) is 0.892. The number of carbonyl (C=O) groups is 4. The molecule has 0 aliphatic rings. The van der Waals surface area contributed by atoms with Gasteiger partial charge >= 0.3 is 11.9 Å². The van der Waals surface area contributed by atoms with E-state index in [1.165, 1.54) is 64.7 Å². The molecule has 0 aromatic rings. The number of hydrogen-bond acceptors (Lipinski definition) is 10. The zero-order chi connectivity index (χ0) is 37.7. The van der Waals surface area contributed by atoms with Crippen molar-refractivity contribution in [1.29, 1.82) is 0 Å². The molecule has 0 radical (unpaired) electrons. The van der Waals surface area contributed by atoms with Gasteiger partial charge in [-0.1, -0.05) is 129 Å². The Kier molecular flexibility index (Phi) is 28.9. The van der Waals surface area contributed by atoms with Gasteiger partial charge < -0.3 is 45.2 Å². The third-order valence-electron chi connectivity index (χ3n) is 8.93. The number of carboxylic acid groups (broad SMARTS) is 1. The van der Waals surface area contributed by atoms with Gasteiger partial charge in [-0.25, -0.2) is 9.59 Å². The number of aliphatic hydroxyl groups excluding tert-OH is 5. The lowest BCUT2D eigenvalue weighted by Gasteiger charge is -2.32. The molecule has 5 atom stereocenters. The predicted molar refractivity (Wildman–Crippen MR) is 191 cm³/mol. The van der Waals surface area contributed by atoms with Crippen LogP contribution in [0.4, 0.5) is 0 Å². The van der Waals surface area contributed by atoms with E-state index < -0.39 is 60.8 Å². The average Bonchev–Trinajstić information content (AvgIpc) is 3.10. The molecule has 0 fully saturated rings. The summed E-state index contributed by atoms with van der Waals surface area (Å²) in [5, 5.41) is 61.1.